The zero-order valence-electron chi connectivity index (χ0n) is 8.54. The van der Waals surface area contributed by atoms with Gasteiger partial charge >= 0.3 is 0 Å². The molecule has 1 aromatic carbocycles. The number of methoxy groups -OCH3 is 1. The van der Waals surface area contributed by atoms with Crippen molar-refractivity contribution < 1.29 is 9.53 Å². The van der Waals surface area contributed by atoms with Gasteiger partial charge in [-0.3, -0.25) is 4.79 Å². The molecule has 0 radical (unpaired) electrons. The van der Waals surface area contributed by atoms with Crippen molar-refractivity contribution in [2.24, 2.45) is 0 Å². The van der Waals surface area contributed by atoms with Gasteiger partial charge in [-0.05, 0) is 36.6 Å². The van der Waals surface area contributed by atoms with Gasteiger partial charge in [0.25, 0.3) is 0 Å². The molecular weight excluding hydrogens is 178 g/mol. The Morgan fingerprint density at radius 1 is 1.43 bits per heavy atom. The Balaban J connectivity index is 2.66. The molecule has 0 aliphatic carbocycles. The highest BCUT2D eigenvalue weighted by molar-refractivity contribution is 5.46. The van der Waals surface area contributed by atoms with Gasteiger partial charge in [0.15, 0.2) is 0 Å². The molecule has 0 saturated carbocycles. The second-order valence-corrected chi connectivity index (χ2v) is 3.18. The maximum Gasteiger partial charge on any atom is 0.207 e. The van der Waals surface area contributed by atoms with Crippen molar-refractivity contribution in [2.75, 3.05) is 13.7 Å². The maximum atomic E-state index is 10.0. The van der Waals surface area contributed by atoms with Crippen LogP contribution in [0.3, 0.4) is 0 Å². The largest absolute Gasteiger partial charge is 0.497 e. The van der Waals surface area contributed by atoms with Crippen LogP contribution in [0.2, 0.25) is 0 Å². The Bertz CT molecular complexity index is 310. The summed E-state index contributed by atoms with van der Waals surface area (Å²) >= 11 is 0. The number of nitrogens with one attached hydrogen (secondary N) is 1. The lowest BCUT2D eigenvalue weighted by Gasteiger charge is -2.06. The number of aryl methyl sites for hydroxylation is 1. The smallest absolute Gasteiger partial charge is 0.207 e. The number of amides is 1. The highest BCUT2D eigenvalue weighted by atomic mass is 16.5. The van der Waals surface area contributed by atoms with Gasteiger partial charge in [0.2, 0.25) is 6.41 Å². The van der Waals surface area contributed by atoms with Crippen molar-refractivity contribution in [1.29, 1.82) is 0 Å². The fraction of sp³-hybridized carbons (Fsp3) is 0.364. The molecule has 14 heavy (non-hydrogen) atoms. The van der Waals surface area contributed by atoms with Crippen LogP contribution in [0, 0.1) is 6.92 Å². The first-order valence-electron chi connectivity index (χ1n) is 4.58. The highest BCUT2D eigenvalue weighted by Crippen LogP contribution is 2.16. The van der Waals surface area contributed by atoms with Crippen LogP contribution in [0.4, 0.5) is 0 Å². The molecule has 0 saturated heterocycles. The average Bonchev–Trinajstić information content (AvgIpc) is 2.17. The number of benzene rings is 1. The van der Waals surface area contributed by atoms with Crippen molar-refractivity contribution in [3.8, 4) is 5.75 Å². The highest BCUT2D eigenvalue weighted by Gasteiger charge is 1.98. The lowest BCUT2D eigenvalue weighted by atomic mass is 10.1. The molecule has 0 fully saturated rings. The Hall–Kier alpha value is -1.51. The van der Waals surface area contributed by atoms with E-state index >= 15 is 0 Å². The summed E-state index contributed by atoms with van der Waals surface area (Å²) in [6, 6.07) is 6.06. The van der Waals surface area contributed by atoms with Gasteiger partial charge in [-0.2, -0.15) is 0 Å². The van der Waals surface area contributed by atoms with Gasteiger partial charge in [0, 0.05) is 6.54 Å². The van der Waals surface area contributed by atoms with Crippen molar-refractivity contribution in [3.05, 3.63) is 29.3 Å². The predicted molar refractivity (Wildman–Crippen MR) is 55.5 cm³/mol. The number of ether oxygens (including phenoxy) is 1. The predicted octanol–water partition coefficient (Wildman–Crippen LogP) is 1.29. The summed E-state index contributed by atoms with van der Waals surface area (Å²) in [5, 5.41) is 2.63. The molecule has 76 valence electrons. The molecule has 0 atom stereocenters. The Morgan fingerprint density at radius 3 is 2.86 bits per heavy atom. The van der Waals surface area contributed by atoms with E-state index in [1.54, 1.807) is 7.11 Å². The van der Waals surface area contributed by atoms with Crippen LogP contribution in [0.25, 0.3) is 0 Å². The van der Waals surface area contributed by atoms with Gasteiger partial charge in [0.1, 0.15) is 5.75 Å². The number of carbonyl (C=O) groups excluding carboxylic acids is 1. The van der Waals surface area contributed by atoms with Crippen molar-refractivity contribution in [3.63, 3.8) is 0 Å². The number of hydrogen-bond acceptors (Lipinski definition) is 2. The van der Waals surface area contributed by atoms with E-state index in [9.17, 15) is 4.79 Å². The summed E-state index contributed by atoms with van der Waals surface area (Å²) in [7, 11) is 1.65. The molecule has 0 bridgehead atoms. The number of carbonyl (C=O) groups is 1. The van der Waals surface area contributed by atoms with E-state index in [1.807, 2.05) is 19.1 Å². The van der Waals surface area contributed by atoms with Crippen molar-refractivity contribution in [1.82, 2.24) is 5.32 Å². The van der Waals surface area contributed by atoms with Gasteiger partial charge in [-0.25, -0.2) is 0 Å². The zero-order valence-corrected chi connectivity index (χ0v) is 8.54. The molecule has 1 aromatic rings. The van der Waals surface area contributed by atoms with Crippen molar-refractivity contribution >= 4 is 6.41 Å². The molecule has 1 amide bonds. The summed E-state index contributed by atoms with van der Waals surface area (Å²) in [6.45, 7) is 2.69. The Morgan fingerprint density at radius 2 is 2.21 bits per heavy atom. The number of rotatable bonds is 5. The quantitative estimate of drug-likeness (QED) is 0.565. The Labute approximate surface area is 84.1 Å². The first-order chi connectivity index (χ1) is 6.76. The molecule has 0 heterocycles. The lowest BCUT2D eigenvalue weighted by Crippen LogP contribution is -2.14. The second-order valence-electron chi connectivity index (χ2n) is 3.18. The van der Waals surface area contributed by atoms with Gasteiger partial charge in [-0.1, -0.05) is 6.07 Å². The van der Waals surface area contributed by atoms with Crippen LogP contribution in [-0.4, -0.2) is 20.1 Å². The minimum absolute atomic E-state index is 0.663. The first-order valence-corrected chi connectivity index (χ1v) is 4.58. The minimum Gasteiger partial charge on any atom is -0.497 e. The van der Waals surface area contributed by atoms with Crippen LogP contribution in [0.5, 0.6) is 5.75 Å². The van der Waals surface area contributed by atoms with Crippen LogP contribution in [0.15, 0.2) is 18.2 Å². The first kappa shape index (κ1) is 10.6. The van der Waals surface area contributed by atoms with E-state index in [0.717, 1.165) is 12.2 Å². The standard InChI is InChI=1S/C11H15NO2/c1-9-5-10(3-4-12-8-13)7-11(6-9)14-2/h5-8H,3-4H2,1-2H3,(H,12,13). The van der Waals surface area contributed by atoms with Crippen LogP contribution in [-0.2, 0) is 11.2 Å². The molecule has 0 unspecified atom stereocenters. The summed E-state index contributed by atoms with van der Waals surface area (Å²) in [5.41, 5.74) is 2.35. The van der Waals surface area contributed by atoms with E-state index in [-0.39, 0.29) is 0 Å². The zero-order chi connectivity index (χ0) is 10.4. The third-order valence-corrected chi connectivity index (χ3v) is 1.99. The second kappa shape index (κ2) is 5.27. The summed E-state index contributed by atoms with van der Waals surface area (Å²) in [5.74, 6) is 0.867. The molecule has 3 heteroatoms. The number of hydrogen-bond donors (Lipinski definition) is 1. The lowest BCUT2D eigenvalue weighted by molar-refractivity contribution is -0.109. The summed E-state index contributed by atoms with van der Waals surface area (Å²) < 4.78 is 5.15. The molecule has 1 rings (SSSR count). The fourth-order valence-electron chi connectivity index (χ4n) is 1.36. The molecule has 0 aliphatic rings. The molecule has 0 spiro atoms. The average molecular weight is 193 g/mol. The fourth-order valence-corrected chi connectivity index (χ4v) is 1.36. The monoisotopic (exact) mass is 193 g/mol. The van der Waals surface area contributed by atoms with Gasteiger partial charge < -0.3 is 10.1 Å². The van der Waals surface area contributed by atoms with Crippen LogP contribution < -0.4 is 10.1 Å². The third-order valence-electron chi connectivity index (χ3n) is 1.99. The van der Waals surface area contributed by atoms with Gasteiger partial charge in [-0.15, -0.1) is 0 Å². The third kappa shape index (κ3) is 3.09. The van der Waals surface area contributed by atoms with Gasteiger partial charge in [0.05, 0.1) is 7.11 Å². The normalized spacial score (nSPS) is 9.57. The Kier molecular flexibility index (Phi) is 3.98. The summed E-state index contributed by atoms with van der Waals surface area (Å²) in [4.78, 5) is 10.0. The molecule has 0 aliphatic heterocycles. The molecule has 0 aromatic heterocycles. The van der Waals surface area contributed by atoms with E-state index in [4.69, 9.17) is 4.74 Å². The molecule has 1 N–H and O–H groups in total. The van der Waals surface area contributed by atoms with Crippen molar-refractivity contribution in [2.45, 2.75) is 13.3 Å². The van der Waals surface area contributed by atoms with E-state index in [0.29, 0.717) is 13.0 Å². The SMILES string of the molecule is COc1cc(C)cc(CCNC=O)c1. The van der Waals surface area contributed by atoms with E-state index < -0.39 is 0 Å². The summed E-state index contributed by atoms with van der Waals surface area (Å²) in [6.07, 6.45) is 1.55. The van der Waals surface area contributed by atoms with E-state index in [1.165, 1.54) is 11.1 Å². The van der Waals surface area contributed by atoms with E-state index in [2.05, 4.69) is 11.4 Å². The minimum atomic E-state index is 0.663. The van der Waals surface area contributed by atoms with Crippen LogP contribution in [0.1, 0.15) is 11.1 Å². The maximum absolute atomic E-state index is 10.0. The molecular formula is C11H15NO2. The van der Waals surface area contributed by atoms with Crippen LogP contribution >= 0.6 is 0 Å². The molecule has 3 nitrogen and oxygen atoms in total. The topological polar surface area (TPSA) is 38.3 Å².